The standard InChI is InChI=1S/C27H31N3O2/c1-18(21-10-6-11-22(14-21)19(2)27(31)32)16-30-26(20-8-4-3-5-9-20)23-15-25-24(29-17-23)12-7-13-28-25/h3-14,18-19,23,26,29-30H,15-17H2,1-2H3,(H,31,32)/t18-,19-,23-,26-/m1/s1. The van der Waals surface area contributed by atoms with Crippen molar-refractivity contribution < 1.29 is 9.90 Å². The summed E-state index contributed by atoms with van der Waals surface area (Å²) in [5.41, 5.74) is 5.53. The molecule has 0 radical (unpaired) electrons. The van der Waals surface area contributed by atoms with Crippen LogP contribution in [0.25, 0.3) is 0 Å². The number of aliphatic carboxylic acids is 1. The quantitative estimate of drug-likeness (QED) is 0.470. The third-order valence-electron chi connectivity index (χ3n) is 6.52. The summed E-state index contributed by atoms with van der Waals surface area (Å²) in [6.45, 7) is 5.62. The summed E-state index contributed by atoms with van der Waals surface area (Å²) in [6.07, 6.45) is 2.79. The molecule has 1 aromatic heterocycles. The van der Waals surface area contributed by atoms with Crippen molar-refractivity contribution in [3.63, 3.8) is 0 Å². The summed E-state index contributed by atoms with van der Waals surface area (Å²) in [5.74, 6) is -0.668. The number of pyridine rings is 1. The zero-order valence-electron chi connectivity index (χ0n) is 18.7. The second-order valence-corrected chi connectivity index (χ2v) is 8.77. The Kier molecular flexibility index (Phi) is 6.86. The normalized spacial score (nSPS) is 18.1. The molecule has 1 aliphatic heterocycles. The molecule has 0 aliphatic carbocycles. The van der Waals surface area contributed by atoms with Crippen molar-refractivity contribution in [3.05, 3.63) is 95.3 Å². The average molecular weight is 430 g/mol. The molecule has 3 N–H and O–H groups in total. The van der Waals surface area contributed by atoms with Crippen LogP contribution in [0, 0.1) is 5.92 Å². The molecule has 2 heterocycles. The van der Waals surface area contributed by atoms with Crippen LogP contribution in [0.4, 0.5) is 5.69 Å². The molecule has 5 nitrogen and oxygen atoms in total. The molecule has 0 bridgehead atoms. The van der Waals surface area contributed by atoms with Crippen LogP contribution in [-0.4, -0.2) is 29.1 Å². The molecule has 0 fully saturated rings. The highest BCUT2D eigenvalue weighted by molar-refractivity contribution is 5.75. The zero-order chi connectivity index (χ0) is 22.5. The maximum atomic E-state index is 11.4. The lowest BCUT2D eigenvalue weighted by molar-refractivity contribution is -0.138. The van der Waals surface area contributed by atoms with Crippen molar-refractivity contribution in [2.24, 2.45) is 5.92 Å². The van der Waals surface area contributed by atoms with Gasteiger partial charge in [0.2, 0.25) is 0 Å². The topological polar surface area (TPSA) is 74.2 Å². The summed E-state index contributed by atoms with van der Waals surface area (Å²) in [4.78, 5) is 16.0. The van der Waals surface area contributed by atoms with E-state index in [-0.39, 0.29) is 12.0 Å². The SMILES string of the molecule is C[C@H](CN[C@H](c1ccccc1)[C@H]1CNc2cccnc2C1)c1cccc([C@@H](C)C(=O)O)c1. The van der Waals surface area contributed by atoms with E-state index in [1.807, 2.05) is 36.5 Å². The van der Waals surface area contributed by atoms with Gasteiger partial charge in [-0.1, -0.05) is 61.5 Å². The molecular weight excluding hydrogens is 398 g/mol. The van der Waals surface area contributed by atoms with Gasteiger partial charge in [-0.05, 0) is 48.1 Å². The van der Waals surface area contributed by atoms with E-state index in [2.05, 4.69) is 58.9 Å². The first-order valence-corrected chi connectivity index (χ1v) is 11.3. The third kappa shape index (κ3) is 5.00. The van der Waals surface area contributed by atoms with Gasteiger partial charge >= 0.3 is 5.97 Å². The number of nitrogens with one attached hydrogen (secondary N) is 2. The molecule has 0 saturated carbocycles. The van der Waals surface area contributed by atoms with Crippen LogP contribution < -0.4 is 10.6 Å². The second kappa shape index (κ2) is 9.96. The minimum absolute atomic E-state index is 0.197. The van der Waals surface area contributed by atoms with E-state index in [1.54, 1.807) is 6.92 Å². The van der Waals surface area contributed by atoms with E-state index in [4.69, 9.17) is 0 Å². The first-order valence-electron chi connectivity index (χ1n) is 11.3. The Balaban J connectivity index is 1.50. The predicted molar refractivity (Wildman–Crippen MR) is 128 cm³/mol. The van der Waals surface area contributed by atoms with Crippen molar-refractivity contribution in [2.45, 2.75) is 38.1 Å². The Bertz CT molecular complexity index is 1050. The first kappa shape index (κ1) is 22.0. The van der Waals surface area contributed by atoms with Crippen molar-refractivity contribution >= 4 is 11.7 Å². The summed E-state index contributed by atoms with van der Waals surface area (Å²) >= 11 is 0. The lowest BCUT2D eigenvalue weighted by Crippen LogP contribution is -2.37. The Labute approximate surface area is 189 Å². The number of carbonyl (C=O) groups is 1. The Morgan fingerprint density at radius 3 is 2.59 bits per heavy atom. The van der Waals surface area contributed by atoms with Gasteiger partial charge in [0.05, 0.1) is 17.3 Å². The predicted octanol–water partition coefficient (Wildman–Crippen LogP) is 4.99. The molecule has 5 heteroatoms. The fraction of sp³-hybridized carbons (Fsp3) is 0.333. The average Bonchev–Trinajstić information content (AvgIpc) is 2.84. The van der Waals surface area contributed by atoms with Gasteiger partial charge in [0.25, 0.3) is 0 Å². The summed E-state index contributed by atoms with van der Waals surface area (Å²) < 4.78 is 0. The van der Waals surface area contributed by atoms with Gasteiger partial charge in [-0.3, -0.25) is 9.78 Å². The Morgan fingerprint density at radius 1 is 1.06 bits per heavy atom. The lowest BCUT2D eigenvalue weighted by atomic mass is 9.86. The minimum Gasteiger partial charge on any atom is -0.481 e. The van der Waals surface area contributed by atoms with Gasteiger partial charge < -0.3 is 15.7 Å². The van der Waals surface area contributed by atoms with E-state index < -0.39 is 11.9 Å². The van der Waals surface area contributed by atoms with Crippen LogP contribution in [0.3, 0.4) is 0 Å². The second-order valence-electron chi connectivity index (χ2n) is 8.77. The first-order chi connectivity index (χ1) is 15.5. The third-order valence-corrected chi connectivity index (χ3v) is 6.52. The molecule has 0 saturated heterocycles. The number of carboxylic acid groups (broad SMARTS) is 1. The van der Waals surface area contributed by atoms with Crippen molar-refractivity contribution in [1.82, 2.24) is 10.3 Å². The van der Waals surface area contributed by atoms with Gasteiger partial charge in [0, 0.05) is 31.2 Å². The van der Waals surface area contributed by atoms with E-state index >= 15 is 0 Å². The van der Waals surface area contributed by atoms with Crippen molar-refractivity contribution in [1.29, 1.82) is 0 Å². The zero-order valence-corrected chi connectivity index (χ0v) is 18.7. The number of rotatable bonds is 8. The maximum absolute atomic E-state index is 11.4. The Morgan fingerprint density at radius 2 is 1.81 bits per heavy atom. The molecule has 2 aromatic carbocycles. The number of aromatic nitrogens is 1. The van der Waals surface area contributed by atoms with Crippen LogP contribution in [0.15, 0.2) is 72.9 Å². The number of hydrogen-bond donors (Lipinski definition) is 3. The molecule has 166 valence electrons. The highest BCUT2D eigenvalue weighted by Crippen LogP contribution is 2.32. The van der Waals surface area contributed by atoms with E-state index in [0.29, 0.717) is 5.92 Å². The van der Waals surface area contributed by atoms with Crippen molar-refractivity contribution in [2.75, 3.05) is 18.4 Å². The molecule has 4 atom stereocenters. The molecule has 3 aromatic rings. The summed E-state index contributed by atoms with van der Waals surface area (Å²) in [7, 11) is 0. The van der Waals surface area contributed by atoms with Crippen molar-refractivity contribution in [3.8, 4) is 0 Å². The highest BCUT2D eigenvalue weighted by atomic mass is 16.4. The number of hydrogen-bond acceptors (Lipinski definition) is 4. The van der Waals surface area contributed by atoms with Gasteiger partial charge in [-0.25, -0.2) is 0 Å². The fourth-order valence-electron chi connectivity index (χ4n) is 4.47. The number of fused-ring (bicyclic) bond motifs is 1. The number of carboxylic acids is 1. The molecule has 0 spiro atoms. The Hall–Kier alpha value is -3.18. The minimum atomic E-state index is -0.796. The summed E-state index contributed by atoms with van der Waals surface area (Å²) in [5, 5.41) is 16.7. The molecular formula is C27H31N3O2. The molecule has 0 amide bonds. The largest absolute Gasteiger partial charge is 0.481 e. The smallest absolute Gasteiger partial charge is 0.310 e. The molecule has 1 aliphatic rings. The van der Waals surface area contributed by atoms with E-state index in [1.165, 1.54) is 5.56 Å². The van der Waals surface area contributed by atoms with Gasteiger partial charge in [0.1, 0.15) is 0 Å². The van der Waals surface area contributed by atoms with Crippen LogP contribution in [-0.2, 0) is 11.2 Å². The van der Waals surface area contributed by atoms with Gasteiger partial charge in [-0.15, -0.1) is 0 Å². The molecule has 32 heavy (non-hydrogen) atoms. The van der Waals surface area contributed by atoms with Gasteiger partial charge in [-0.2, -0.15) is 0 Å². The number of benzene rings is 2. The van der Waals surface area contributed by atoms with E-state index in [0.717, 1.165) is 42.0 Å². The van der Waals surface area contributed by atoms with Gasteiger partial charge in [0.15, 0.2) is 0 Å². The fourth-order valence-corrected chi connectivity index (χ4v) is 4.47. The lowest BCUT2D eigenvalue weighted by Gasteiger charge is -2.33. The van der Waals surface area contributed by atoms with Crippen LogP contribution in [0.5, 0.6) is 0 Å². The van der Waals surface area contributed by atoms with Crippen LogP contribution in [0.2, 0.25) is 0 Å². The summed E-state index contributed by atoms with van der Waals surface area (Å²) in [6, 6.07) is 22.8. The van der Waals surface area contributed by atoms with Crippen LogP contribution >= 0.6 is 0 Å². The maximum Gasteiger partial charge on any atom is 0.310 e. The molecule has 0 unspecified atom stereocenters. The monoisotopic (exact) mass is 429 g/mol. The van der Waals surface area contributed by atoms with E-state index in [9.17, 15) is 9.90 Å². The van der Waals surface area contributed by atoms with Crippen LogP contribution in [0.1, 0.15) is 54.1 Å². The highest BCUT2D eigenvalue weighted by Gasteiger charge is 2.28. The molecule has 4 rings (SSSR count). The number of anilines is 1. The number of nitrogens with zero attached hydrogens (tertiary/aromatic N) is 1.